The van der Waals surface area contributed by atoms with Crippen LogP contribution in [0.3, 0.4) is 0 Å². The molecule has 0 fully saturated rings. The molecule has 0 radical (unpaired) electrons. The highest BCUT2D eigenvalue weighted by Gasteiger charge is 1.94. The highest BCUT2D eigenvalue weighted by atomic mass is 16.5. The fourth-order valence-corrected chi connectivity index (χ4v) is 0.964. The molecule has 0 atom stereocenters. The van der Waals surface area contributed by atoms with Crippen LogP contribution >= 0.6 is 0 Å². The molecule has 0 saturated carbocycles. The van der Waals surface area contributed by atoms with Gasteiger partial charge in [-0.15, -0.1) is 0 Å². The lowest BCUT2D eigenvalue weighted by Crippen LogP contribution is -1.95. The average Bonchev–Trinajstić information content (AvgIpc) is 2.15. The molecule has 0 aliphatic carbocycles. The van der Waals surface area contributed by atoms with Crippen molar-refractivity contribution in [1.82, 2.24) is 0 Å². The largest absolute Gasteiger partial charge is 0.870 e. The molecule has 0 aromatic heterocycles. The third kappa shape index (κ3) is 2.52. The van der Waals surface area contributed by atoms with E-state index >= 15 is 0 Å². The number of hydrogen-bond acceptors (Lipinski definition) is 3. The zero-order chi connectivity index (χ0) is 10.6. The molecule has 0 unspecified atom stereocenters. The van der Waals surface area contributed by atoms with E-state index in [1.165, 1.54) is 25.3 Å². The van der Waals surface area contributed by atoms with E-state index in [0.29, 0.717) is 5.56 Å². The molecule has 0 aliphatic rings. The zero-order valence-electron chi connectivity index (χ0n) is 7.56. The first-order valence-corrected chi connectivity index (χ1v) is 3.89. The summed E-state index contributed by atoms with van der Waals surface area (Å²) in [5.41, 5.74) is 0.540. The molecule has 0 bridgehead atoms. The van der Waals surface area contributed by atoms with Crippen LogP contribution in [0.2, 0.25) is 0 Å². The smallest absolute Gasteiger partial charge is 0.328 e. The van der Waals surface area contributed by atoms with Gasteiger partial charge in [0.2, 0.25) is 0 Å². The van der Waals surface area contributed by atoms with Gasteiger partial charge in [0, 0.05) is 6.08 Å². The van der Waals surface area contributed by atoms with E-state index in [0.717, 1.165) is 6.08 Å². The number of benzene rings is 1. The van der Waals surface area contributed by atoms with E-state index < -0.39 is 5.97 Å². The van der Waals surface area contributed by atoms with Crippen LogP contribution in [-0.2, 0) is 4.79 Å². The van der Waals surface area contributed by atoms with E-state index in [4.69, 9.17) is 9.84 Å². The van der Waals surface area contributed by atoms with Crippen LogP contribution in [-0.4, -0.2) is 18.2 Å². The Balaban J connectivity index is 2.91. The Morgan fingerprint density at radius 2 is 2.29 bits per heavy atom. The maximum Gasteiger partial charge on any atom is 0.328 e. The molecule has 0 amide bonds. The standard InChI is InChI=1S/C10H10O4/c1-14-9-4-2-7(6-8(9)11)3-5-10(12)13/h2-6,11H,1H3,(H,12,13)/p-1/b5-3-. The van der Waals surface area contributed by atoms with Gasteiger partial charge in [0.1, 0.15) is 5.75 Å². The van der Waals surface area contributed by atoms with Crippen LogP contribution in [0, 0.1) is 0 Å². The Hall–Kier alpha value is -1.97. The fourth-order valence-electron chi connectivity index (χ4n) is 0.964. The predicted octanol–water partition coefficient (Wildman–Crippen LogP) is 0.867. The molecular formula is C10H9O4-. The van der Waals surface area contributed by atoms with Crippen LogP contribution in [0.1, 0.15) is 5.56 Å². The van der Waals surface area contributed by atoms with Crippen molar-refractivity contribution in [2.24, 2.45) is 0 Å². The third-order valence-corrected chi connectivity index (χ3v) is 1.61. The van der Waals surface area contributed by atoms with Crippen molar-refractivity contribution in [3.8, 4) is 11.5 Å². The first kappa shape index (κ1) is 10.1. The van der Waals surface area contributed by atoms with Crippen LogP contribution in [0.25, 0.3) is 6.08 Å². The second kappa shape index (κ2) is 4.32. The quantitative estimate of drug-likeness (QED) is 0.723. The molecule has 74 valence electrons. The molecule has 0 aliphatic heterocycles. The zero-order valence-corrected chi connectivity index (χ0v) is 7.56. The second-order valence-electron chi connectivity index (χ2n) is 2.58. The molecule has 0 spiro atoms. The minimum atomic E-state index is -1.05. The summed E-state index contributed by atoms with van der Waals surface area (Å²) in [4.78, 5) is 10.2. The van der Waals surface area contributed by atoms with Crippen molar-refractivity contribution in [2.75, 3.05) is 7.11 Å². The summed E-state index contributed by atoms with van der Waals surface area (Å²) < 4.78 is 4.77. The maximum absolute atomic E-state index is 11.2. The summed E-state index contributed by atoms with van der Waals surface area (Å²) in [6.45, 7) is 0. The molecule has 1 aromatic rings. The van der Waals surface area contributed by atoms with Crippen molar-refractivity contribution in [2.45, 2.75) is 0 Å². The lowest BCUT2D eigenvalue weighted by atomic mass is 10.2. The number of carboxylic acid groups (broad SMARTS) is 1. The fraction of sp³-hybridized carbons (Fsp3) is 0.100. The van der Waals surface area contributed by atoms with Crippen molar-refractivity contribution >= 4 is 12.0 Å². The van der Waals surface area contributed by atoms with Gasteiger partial charge in [-0.05, 0) is 17.7 Å². The number of ether oxygens (including phenoxy) is 1. The lowest BCUT2D eigenvalue weighted by Gasteiger charge is -2.12. The molecule has 0 heterocycles. The van der Waals surface area contributed by atoms with E-state index in [9.17, 15) is 9.90 Å². The molecular weight excluding hydrogens is 184 g/mol. The second-order valence-corrected chi connectivity index (χ2v) is 2.58. The Kier molecular flexibility index (Phi) is 3.12. The van der Waals surface area contributed by atoms with Crippen LogP contribution < -0.4 is 9.84 Å². The monoisotopic (exact) mass is 193 g/mol. The van der Waals surface area contributed by atoms with Crippen molar-refractivity contribution in [1.29, 1.82) is 0 Å². The number of carboxylic acids is 1. The van der Waals surface area contributed by atoms with Gasteiger partial charge in [-0.25, -0.2) is 4.79 Å². The summed E-state index contributed by atoms with van der Waals surface area (Å²) >= 11 is 0. The maximum atomic E-state index is 11.2. The van der Waals surface area contributed by atoms with E-state index in [1.54, 1.807) is 6.07 Å². The highest BCUT2D eigenvalue weighted by Crippen LogP contribution is 2.23. The van der Waals surface area contributed by atoms with Gasteiger partial charge in [-0.1, -0.05) is 17.9 Å². The van der Waals surface area contributed by atoms with E-state index in [-0.39, 0.29) is 11.5 Å². The molecule has 0 saturated heterocycles. The van der Waals surface area contributed by atoms with Gasteiger partial charge in [0.05, 0.1) is 7.11 Å². The molecule has 14 heavy (non-hydrogen) atoms. The summed E-state index contributed by atoms with van der Waals surface area (Å²) in [7, 11) is 1.41. The normalized spacial score (nSPS) is 10.4. The number of rotatable bonds is 3. The van der Waals surface area contributed by atoms with Crippen LogP contribution in [0.4, 0.5) is 0 Å². The van der Waals surface area contributed by atoms with E-state index in [1.807, 2.05) is 0 Å². The minimum Gasteiger partial charge on any atom is -0.870 e. The Morgan fingerprint density at radius 3 is 2.79 bits per heavy atom. The van der Waals surface area contributed by atoms with Gasteiger partial charge >= 0.3 is 5.97 Å². The SMILES string of the molecule is COc1ccc(/C=C\C(=O)O)cc1[O-]. The Labute approximate surface area is 81.1 Å². The summed E-state index contributed by atoms with van der Waals surface area (Å²) in [5.74, 6) is -1.06. The molecule has 1 aromatic carbocycles. The number of hydrogen-bond donors (Lipinski definition) is 1. The number of carbonyl (C=O) groups is 1. The third-order valence-electron chi connectivity index (χ3n) is 1.61. The van der Waals surface area contributed by atoms with Gasteiger partial charge < -0.3 is 14.9 Å². The Morgan fingerprint density at radius 1 is 1.57 bits per heavy atom. The lowest BCUT2D eigenvalue weighted by molar-refractivity contribution is -0.270. The first-order valence-electron chi connectivity index (χ1n) is 3.89. The molecule has 4 heteroatoms. The van der Waals surface area contributed by atoms with Crippen LogP contribution in [0.5, 0.6) is 11.5 Å². The number of methoxy groups -OCH3 is 1. The topological polar surface area (TPSA) is 69.6 Å². The average molecular weight is 193 g/mol. The highest BCUT2D eigenvalue weighted by molar-refractivity contribution is 5.85. The molecule has 1 rings (SSSR count). The first-order chi connectivity index (χ1) is 6.63. The minimum absolute atomic E-state index is 0.248. The number of aliphatic carboxylic acids is 1. The van der Waals surface area contributed by atoms with Gasteiger partial charge in [0.15, 0.2) is 0 Å². The summed E-state index contributed by atoms with van der Waals surface area (Å²) in [6, 6.07) is 4.43. The molecule has 4 nitrogen and oxygen atoms in total. The van der Waals surface area contributed by atoms with Gasteiger partial charge in [0.25, 0.3) is 0 Å². The van der Waals surface area contributed by atoms with Gasteiger partial charge in [-0.3, -0.25) is 0 Å². The van der Waals surface area contributed by atoms with Crippen molar-refractivity contribution in [3.05, 3.63) is 29.8 Å². The van der Waals surface area contributed by atoms with E-state index in [2.05, 4.69) is 0 Å². The van der Waals surface area contributed by atoms with Crippen molar-refractivity contribution in [3.63, 3.8) is 0 Å². The Bertz CT molecular complexity index is 368. The summed E-state index contributed by atoms with van der Waals surface area (Å²) in [6.07, 6.45) is 2.32. The molecule has 1 N–H and O–H groups in total. The van der Waals surface area contributed by atoms with Gasteiger partial charge in [-0.2, -0.15) is 0 Å². The predicted molar refractivity (Wildman–Crippen MR) is 49.1 cm³/mol. The van der Waals surface area contributed by atoms with Crippen LogP contribution in [0.15, 0.2) is 24.3 Å². The van der Waals surface area contributed by atoms with Crippen molar-refractivity contribution < 1.29 is 19.7 Å². The summed E-state index contributed by atoms with van der Waals surface area (Å²) in [5, 5.41) is 19.6.